The zero-order valence-electron chi connectivity index (χ0n) is 11.5. The van der Waals surface area contributed by atoms with E-state index in [0.717, 1.165) is 31.4 Å². The summed E-state index contributed by atoms with van der Waals surface area (Å²) in [4.78, 5) is 13.3. The Morgan fingerprint density at radius 1 is 1.32 bits per heavy atom. The van der Waals surface area contributed by atoms with Crippen LogP contribution in [0.25, 0.3) is 0 Å². The number of likely N-dealkylation sites (N-methyl/N-ethyl adjacent to an activating group) is 1. The molecular weight excluding hydrogens is 242 g/mol. The number of hydrogen-bond acceptors (Lipinski definition) is 4. The Balaban J connectivity index is 2.21. The second kappa shape index (κ2) is 5.61. The van der Waals surface area contributed by atoms with Crippen LogP contribution in [-0.2, 0) is 0 Å². The predicted molar refractivity (Wildman–Crippen MR) is 74.8 cm³/mol. The van der Waals surface area contributed by atoms with Crippen molar-refractivity contribution >= 4 is 11.5 Å². The number of phenols is 1. The monoisotopic (exact) mass is 263 g/mol. The van der Waals surface area contributed by atoms with Crippen molar-refractivity contribution in [3.8, 4) is 5.75 Å². The molecule has 0 heterocycles. The molecule has 4 nitrogen and oxygen atoms in total. The average molecular weight is 263 g/mol. The molecule has 0 bridgehead atoms. The van der Waals surface area contributed by atoms with Crippen molar-refractivity contribution in [2.45, 2.75) is 44.8 Å². The van der Waals surface area contributed by atoms with Gasteiger partial charge in [-0.2, -0.15) is 0 Å². The Labute approximate surface area is 113 Å². The summed E-state index contributed by atoms with van der Waals surface area (Å²) in [7, 11) is 1.92. The van der Waals surface area contributed by atoms with E-state index in [1.165, 1.54) is 6.92 Å². The van der Waals surface area contributed by atoms with E-state index in [9.17, 15) is 15.0 Å². The van der Waals surface area contributed by atoms with Crippen LogP contribution in [0.1, 0.15) is 43.0 Å². The summed E-state index contributed by atoms with van der Waals surface area (Å²) in [6, 6.07) is 5.13. The Morgan fingerprint density at radius 2 is 2.00 bits per heavy atom. The van der Waals surface area contributed by atoms with Crippen LogP contribution in [0.5, 0.6) is 5.75 Å². The first kappa shape index (κ1) is 13.9. The zero-order chi connectivity index (χ0) is 14.0. The first-order valence-corrected chi connectivity index (χ1v) is 6.75. The van der Waals surface area contributed by atoms with Gasteiger partial charge in [-0.3, -0.25) is 4.79 Å². The van der Waals surface area contributed by atoms with Crippen molar-refractivity contribution in [3.63, 3.8) is 0 Å². The third kappa shape index (κ3) is 2.89. The number of hydrogen-bond donors (Lipinski definition) is 2. The molecule has 2 N–H and O–H groups in total. The number of carbonyl (C=O) groups is 1. The molecular formula is C15H21NO3. The lowest BCUT2D eigenvalue weighted by Gasteiger charge is -2.36. The number of aromatic hydroxyl groups is 1. The Morgan fingerprint density at radius 3 is 2.58 bits per heavy atom. The zero-order valence-corrected chi connectivity index (χ0v) is 11.5. The fourth-order valence-corrected chi connectivity index (χ4v) is 2.77. The summed E-state index contributed by atoms with van der Waals surface area (Å²) in [5.41, 5.74) is 1.16. The van der Waals surface area contributed by atoms with Crippen LogP contribution in [0.3, 0.4) is 0 Å². The molecule has 0 saturated heterocycles. The minimum absolute atomic E-state index is 0.00199. The highest BCUT2D eigenvalue weighted by atomic mass is 16.3. The molecule has 0 amide bonds. The standard InChI is InChI=1S/C15H21NO3/c1-10(17)12-8-7-11(9-15(12)19)16(2)13-5-3-4-6-14(13)18/h7-9,13-14,18-19H,3-6H2,1-2H3. The highest BCUT2D eigenvalue weighted by Crippen LogP contribution is 2.30. The first-order valence-electron chi connectivity index (χ1n) is 6.75. The van der Waals surface area contributed by atoms with Gasteiger partial charge in [0.2, 0.25) is 0 Å². The van der Waals surface area contributed by atoms with Gasteiger partial charge in [0, 0.05) is 18.8 Å². The Kier molecular flexibility index (Phi) is 4.10. The SMILES string of the molecule is CC(=O)c1ccc(N(C)C2CCCCC2O)cc1O. The van der Waals surface area contributed by atoms with Gasteiger partial charge >= 0.3 is 0 Å². The van der Waals surface area contributed by atoms with Crippen molar-refractivity contribution in [2.75, 3.05) is 11.9 Å². The summed E-state index contributed by atoms with van der Waals surface area (Å²) in [6.07, 6.45) is 3.64. The van der Waals surface area contributed by atoms with E-state index in [1.54, 1.807) is 12.1 Å². The van der Waals surface area contributed by atoms with Gasteiger partial charge in [0.1, 0.15) is 5.75 Å². The molecule has 1 aromatic carbocycles. The molecule has 1 aromatic rings. The lowest BCUT2D eigenvalue weighted by Crippen LogP contribution is -2.43. The van der Waals surface area contributed by atoms with E-state index in [-0.39, 0.29) is 23.7 Å². The van der Waals surface area contributed by atoms with Crippen LogP contribution < -0.4 is 4.90 Å². The summed E-state index contributed by atoms with van der Waals surface area (Å²) in [5.74, 6) is -0.147. The number of benzene rings is 1. The number of ketones is 1. The molecule has 2 rings (SSSR count). The number of aliphatic hydroxyl groups excluding tert-OH is 1. The van der Waals surface area contributed by atoms with Gasteiger partial charge in [0.15, 0.2) is 5.78 Å². The molecule has 0 radical (unpaired) electrons. The van der Waals surface area contributed by atoms with Crippen LogP contribution in [0.4, 0.5) is 5.69 Å². The quantitative estimate of drug-likeness (QED) is 0.822. The lowest BCUT2D eigenvalue weighted by molar-refractivity contribution is 0.101. The van der Waals surface area contributed by atoms with E-state index in [1.807, 2.05) is 18.0 Å². The number of carbonyl (C=O) groups excluding carboxylic acids is 1. The average Bonchev–Trinajstić information content (AvgIpc) is 2.38. The fraction of sp³-hybridized carbons (Fsp3) is 0.533. The van der Waals surface area contributed by atoms with E-state index in [0.29, 0.717) is 5.56 Å². The number of nitrogens with zero attached hydrogens (tertiary/aromatic N) is 1. The second-order valence-electron chi connectivity index (χ2n) is 5.29. The van der Waals surface area contributed by atoms with Crippen LogP contribution in [-0.4, -0.2) is 35.2 Å². The van der Waals surface area contributed by atoms with Crippen molar-refractivity contribution in [2.24, 2.45) is 0 Å². The number of Topliss-reactive ketones (excluding diaryl/α,β-unsaturated/α-hetero) is 1. The van der Waals surface area contributed by atoms with Gasteiger partial charge in [0.25, 0.3) is 0 Å². The molecule has 19 heavy (non-hydrogen) atoms. The minimum atomic E-state index is -0.326. The maximum atomic E-state index is 11.3. The Bertz CT molecular complexity index is 472. The van der Waals surface area contributed by atoms with Gasteiger partial charge in [-0.05, 0) is 31.9 Å². The van der Waals surface area contributed by atoms with Crippen LogP contribution in [0, 0.1) is 0 Å². The van der Waals surface area contributed by atoms with E-state index < -0.39 is 0 Å². The number of anilines is 1. The molecule has 4 heteroatoms. The topological polar surface area (TPSA) is 60.8 Å². The third-order valence-corrected chi connectivity index (χ3v) is 3.96. The maximum Gasteiger partial charge on any atom is 0.163 e. The normalized spacial score (nSPS) is 23.1. The molecule has 0 spiro atoms. The molecule has 2 atom stereocenters. The van der Waals surface area contributed by atoms with Gasteiger partial charge in [0.05, 0.1) is 17.7 Å². The molecule has 1 aliphatic carbocycles. The highest BCUT2D eigenvalue weighted by Gasteiger charge is 2.27. The molecule has 1 saturated carbocycles. The largest absolute Gasteiger partial charge is 0.507 e. The molecule has 0 aromatic heterocycles. The third-order valence-electron chi connectivity index (χ3n) is 3.96. The van der Waals surface area contributed by atoms with Crippen LogP contribution >= 0.6 is 0 Å². The minimum Gasteiger partial charge on any atom is -0.507 e. The van der Waals surface area contributed by atoms with Gasteiger partial charge < -0.3 is 15.1 Å². The van der Waals surface area contributed by atoms with Gasteiger partial charge in [-0.25, -0.2) is 0 Å². The summed E-state index contributed by atoms with van der Waals surface area (Å²) < 4.78 is 0. The van der Waals surface area contributed by atoms with E-state index in [2.05, 4.69) is 0 Å². The fourth-order valence-electron chi connectivity index (χ4n) is 2.77. The van der Waals surface area contributed by atoms with Gasteiger partial charge in [-0.15, -0.1) is 0 Å². The molecule has 1 aliphatic rings. The number of rotatable bonds is 3. The number of aliphatic hydroxyl groups is 1. The molecule has 0 aliphatic heterocycles. The van der Waals surface area contributed by atoms with E-state index >= 15 is 0 Å². The van der Waals surface area contributed by atoms with Crippen molar-refractivity contribution in [1.29, 1.82) is 0 Å². The van der Waals surface area contributed by atoms with Gasteiger partial charge in [-0.1, -0.05) is 12.8 Å². The molecule has 104 valence electrons. The van der Waals surface area contributed by atoms with Crippen molar-refractivity contribution in [1.82, 2.24) is 0 Å². The molecule has 1 fully saturated rings. The summed E-state index contributed by atoms with van der Waals surface area (Å²) >= 11 is 0. The smallest absolute Gasteiger partial charge is 0.163 e. The lowest BCUT2D eigenvalue weighted by atomic mass is 9.91. The Hall–Kier alpha value is -1.55. The number of phenolic OH excluding ortho intramolecular Hbond substituents is 1. The summed E-state index contributed by atoms with van der Waals surface area (Å²) in [6.45, 7) is 1.43. The highest BCUT2D eigenvalue weighted by molar-refractivity contribution is 5.97. The molecule has 2 unspecified atom stereocenters. The second-order valence-corrected chi connectivity index (χ2v) is 5.29. The first-order chi connectivity index (χ1) is 9.00. The van der Waals surface area contributed by atoms with Crippen LogP contribution in [0.15, 0.2) is 18.2 Å². The van der Waals surface area contributed by atoms with Crippen molar-refractivity contribution in [3.05, 3.63) is 23.8 Å². The summed E-state index contributed by atoms with van der Waals surface area (Å²) in [5, 5.41) is 19.9. The predicted octanol–water partition coefficient (Wildman–Crippen LogP) is 2.33. The van der Waals surface area contributed by atoms with E-state index in [4.69, 9.17) is 0 Å². The van der Waals surface area contributed by atoms with Crippen molar-refractivity contribution < 1.29 is 15.0 Å². The maximum absolute atomic E-state index is 11.3. The van der Waals surface area contributed by atoms with Crippen LogP contribution in [0.2, 0.25) is 0 Å².